The minimum absolute atomic E-state index is 0.0623. The van der Waals surface area contributed by atoms with Crippen molar-refractivity contribution in [3.63, 3.8) is 0 Å². The molecule has 1 saturated heterocycles. The van der Waals surface area contributed by atoms with Crippen molar-refractivity contribution in [1.29, 1.82) is 0 Å². The van der Waals surface area contributed by atoms with Gasteiger partial charge in [-0.3, -0.25) is 4.79 Å². The van der Waals surface area contributed by atoms with Crippen LogP contribution in [0, 0.1) is 0 Å². The summed E-state index contributed by atoms with van der Waals surface area (Å²) in [5.41, 5.74) is 0.0623. The molecule has 8 heteroatoms. The van der Waals surface area contributed by atoms with Crippen LogP contribution < -0.4 is 4.74 Å². The quantitative estimate of drug-likeness (QED) is 0.701. The molecule has 0 N–H and O–H groups in total. The standard InChI is InChI=1S/C18H25NO6S/c1-13(20)14(2)25-18(21)15-8-9-16(24-3)17(12-15)26(22,23)19-10-6-4-5-7-11-19/h8-9,12,14H,4-7,10-11H2,1-3H3. The van der Waals surface area contributed by atoms with Gasteiger partial charge in [0.15, 0.2) is 11.9 Å². The van der Waals surface area contributed by atoms with Crippen molar-refractivity contribution >= 4 is 21.8 Å². The molecule has 2 rings (SSSR count). The fourth-order valence-electron chi connectivity index (χ4n) is 2.74. The van der Waals surface area contributed by atoms with Gasteiger partial charge >= 0.3 is 5.97 Å². The van der Waals surface area contributed by atoms with Crippen molar-refractivity contribution in [2.45, 2.75) is 50.5 Å². The highest BCUT2D eigenvalue weighted by Crippen LogP contribution is 2.29. The number of methoxy groups -OCH3 is 1. The Bertz CT molecular complexity index is 766. The lowest BCUT2D eigenvalue weighted by Crippen LogP contribution is -2.32. The molecule has 1 fully saturated rings. The van der Waals surface area contributed by atoms with Gasteiger partial charge in [-0.15, -0.1) is 0 Å². The van der Waals surface area contributed by atoms with Crippen LogP contribution in [0.15, 0.2) is 23.1 Å². The summed E-state index contributed by atoms with van der Waals surface area (Å²) in [6, 6.07) is 4.11. The molecule has 1 atom stereocenters. The summed E-state index contributed by atoms with van der Waals surface area (Å²) < 4.78 is 37.8. The van der Waals surface area contributed by atoms with Gasteiger partial charge in [-0.1, -0.05) is 12.8 Å². The number of Topliss-reactive ketones (excluding diaryl/α,β-unsaturated/α-hetero) is 1. The van der Waals surface area contributed by atoms with Crippen molar-refractivity contribution < 1.29 is 27.5 Å². The lowest BCUT2D eigenvalue weighted by atomic mass is 10.2. The number of benzene rings is 1. The third kappa shape index (κ3) is 4.62. The van der Waals surface area contributed by atoms with E-state index < -0.39 is 22.1 Å². The number of hydrogen-bond donors (Lipinski definition) is 0. The smallest absolute Gasteiger partial charge is 0.338 e. The lowest BCUT2D eigenvalue weighted by molar-refractivity contribution is -0.124. The maximum atomic E-state index is 13.1. The van der Waals surface area contributed by atoms with Crippen LogP contribution in [0.1, 0.15) is 49.9 Å². The number of esters is 1. The van der Waals surface area contributed by atoms with Crippen molar-refractivity contribution in [3.05, 3.63) is 23.8 Å². The monoisotopic (exact) mass is 383 g/mol. The van der Waals surface area contributed by atoms with Crippen LogP contribution in [0.4, 0.5) is 0 Å². The molecule has 0 amide bonds. The number of carbonyl (C=O) groups excluding carboxylic acids is 2. The first kappa shape index (κ1) is 20.4. The molecule has 0 spiro atoms. The Morgan fingerprint density at radius 2 is 1.73 bits per heavy atom. The van der Waals surface area contributed by atoms with Gasteiger partial charge in [0.25, 0.3) is 0 Å². The summed E-state index contributed by atoms with van der Waals surface area (Å²) in [5.74, 6) is -0.864. The van der Waals surface area contributed by atoms with Crippen LogP contribution >= 0.6 is 0 Å². The number of sulfonamides is 1. The van der Waals surface area contributed by atoms with E-state index in [1.165, 1.54) is 43.5 Å². The van der Waals surface area contributed by atoms with Gasteiger partial charge in [-0.25, -0.2) is 13.2 Å². The van der Waals surface area contributed by atoms with Crippen LogP contribution in [0.2, 0.25) is 0 Å². The van der Waals surface area contributed by atoms with E-state index >= 15 is 0 Å². The molecule has 26 heavy (non-hydrogen) atoms. The first-order valence-corrected chi connectivity index (χ1v) is 10.1. The van der Waals surface area contributed by atoms with Gasteiger partial charge in [-0.05, 0) is 44.9 Å². The molecular formula is C18H25NO6S. The Balaban J connectivity index is 2.37. The zero-order chi connectivity index (χ0) is 19.3. The van der Waals surface area contributed by atoms with Crippen LogP contribution in [-0.2, 0) is 19.6 Å². The number of rotatable bonds is 6. The molecule has 144 valence electrons. The number of nitrogens with zero attached hydrogens (tertiary/aromatic N) is 1. The zero-order valence-electron chi connectivity index (χ0n) is 15.4. The average Bonchev–Trinajstić information content (AvgIpc) is 2.90. The summed E-state index contributed by atoms with van der Waals surface area (Å²) in [6.45, 7) is 3.68. The molecule has 0 saturated carbocycles. The molecule has 1 heterocycles. The van der Waals surface area contributed by atoms with E-state index in [9.17, 15) is 18.0 Å². The molecule has 0 bridgehead atoms. The maximum absolute atomic E-state index is 13.1. The zero-order valence-corrected chi connectivity index (χ0v) is 16.2. The second-order valence-electron chi connectivity index (χ2n) is 6.34. The first-order valence-electron chi connectivity index (χ1n) is 8.67. The fraction of sp³-hybridized carbons (Fsp3) is 0.556. The summed E-state index contributed by atoms with van der Waals surface area (Å²) >= 11 is 0. The predicted molar refractivity (Wildman–Crippen MR) is 95.8 cm³/mol. The normalized spacial score (nSPS) is 17.2. The second-order valence-corrected chi connectivity index (χ2v) is 8.25. The van der Waals surface area contributed by atoms with E-state index in [2.05, 4.69) is 0 Å². The molecule has 1 aromatic rings. The second kappa shape index (κ2) is 8.64. The van der Waals surface area contributed by atoms with Gasteiger partial charge < -0.3 is 9.47 Å². The van der Waals surface area contributed by atoms with Crippen LogP contribution in [0.3, 0.4) is 0 Å². The van der Waals surface area contributed by atoms with E-state index in [0.29, 0.717) is 13.1 Å². The molecular weight excluding hydrogens is 358 g/mol. The minimum Gasteiger partial charge on any atom is -0.495 e. The number of ketones is 1. The fourth-order valence-corrected chi connectivity index (χ4v) is 4.44. The number of ether oxygens (including phenoxy) is 2. The van der Waals surface area contributed by atoms with Gasteiger partial charge in [0.2, 0.25) is 10.0 Å². The summed E-state index contributed by atoms with van der Waals surface area (Å²) in [6.07, 6.45) is 2.71. The minimum atomic E-state index is -3.80. The van der Waals surface area contributed by atoms with Crippen molar-refractivity contribution in [3.8, 4) is 5.75 Å². The molecule has 1 unspecified atom stereocenters. The molecule has 1 aliphatic heterocycles. The van der Waals surface area contributed by atoms with Crippen molar-refractivity contribution in [2.24, 2.45) is 0 Å². The molecule has 0 aromatic heterocycles. The van der Waals surface area contributed by atoms with E-state index in [4.69, 9.17) is 9.47 Å². The van der Waals surface area contributed by atoms with Crippen LogP contribution in [0.5, 0.6) is 5.75 Å². The lowest BCUT2D eigenvalue weighted by Gasteiger charge is -2.21. The first-order chi connectivity index (χ1) is 12.3. The highest BCUT2D eigenvalue weighted by atomic mass is 32.2. The Morgan fingerprint density at radius 3 is 2.27 bits per heavy atom. The van der Waals surface area contributed by atoms with Gasteiger partial charge in [-0.2, -0.15) is 4.31 Å². The molecule has 1 aliphatic rings. The van der Waals surface area contributed by atoms with E-state index in [-0.39, 0.29) is 22.0 Å². The molecule has 7 nitrogen and oxygen atoms in total. The van der Waals surface area contributed by atoms with Crippen molar-refractivity contribution in [2.75, 3.05) is 20.2 Å². The average molecular weight is 383 g/mol. The summed E-state index contributed by atoms with van der Waals surface area (Å²) in [7, 11) is -2.41. The summed E-state index contributed by atoms with van der Waals surface area (Å²) in [4.78, 5) is 23.5. The predicted octanol–water partition coefficient (Wildman–Crippen LogP) is 2.39. The largest absolute Gasteiger partial charge is 0.495 e. The highest BCUT2D eigenvalue weighted by Gasteiger charge is 2.29. The van der Waals surface area contributed by atoms with E-state index in [0.717, 1.165) is 25.7 Å². The molecule has 1 aromatic carbocycles. The van der Waals surface area contributed by atoms with Crippen LogP contribution in [-0.4, -0.2) is 50.8 Å². The van der Waals surface area contributed by atoms with Crippen molar-refractivity contribution in [1.82, 2.24) is 4.31 Å². The topological polar surface area (TPSA) is 90.0 Å². The SMILES string of the molecule is COc1ccc(C(=O)OC(C)C(C)=O)cc1S(=O)(=O)N1CCCCCC1. The van der Waals surface area contributed by atoms with Gasteiger partial charge in [0.1, 0.15) is 10.6 Å². The Labute approximate surface area is 154 Å². The molecule has 0 aliphatic carbocycles. The Kier molecular flexibility index (Phi) is 6.77. The van der Waals surface area contributed by atoms with Crippen LogP contribution in [0.25, 0.3) is 0 Å². The Hall–Kier alpha value is -1.93. The summed E-state index contributed by atoms with van der Waals surface area (Å²) in [5, 5.41) is 0. The highest BCUT2D eigenvalue weighted by molar-refractivity contribution is 7.89. The van der Waals surface area contributed by atoms with Gasteiger partial charge in [0, 0.05) is 13.1 Å². The van der Waals surface area contributed by atoms with E-state index in [1.54, 1.807) is 0 Å². The number of carbonyl (C=O) groups is 2. The molecule has 0 radical (unpaired) electrons. The third-order valence-electron chi connectivity index (χ3n) is 4.44. The van der Waals surface area contributed by atoms with Gasteiger partial charge in [0.05, 0.1) is 12.7 Å². The Morgan fingerprint density at radius 1 is 1.12 bits per heavy atom. The third-order valence-corrected chi connectivity index (χ3v) is 6.36. The van der Waals surface area contributed by atoms with E-state index in [1.807, 2.05) is 0 Å². The number of hydrogen-bond acceptors (Lipinski definition) is 6. The maximum Gasteiger partial charge on any atom is 0.338 e.